The predicted molar refractivity (Wildman–Crippen MR) is 256 cm³/mol. The molecule has 2 atom stereocenters. The molecule has 2 unspecified atom stereocenters. The number of esters is 1. The smallest absolute Gasteiger partial charge is 0.457 e. The van der Waals surface area contributed by atoms with E-state index in [1.54, 1.807) is 0 Å². The highest BCUT2D eigenvalue weighted by molar-refractivity contribution is 7.47. The number of hydrogen-bond acceptors (Lipinski definition) is 6. The standard InChI is InChI=1S/C51H94NO7P/c1-6-8-10-12-14-16-18-20-21-22-23-24-25-26-27-28-29-30-31-32-34-36-38-40-42-44-51(53)59-50(49-58-60(54,55)57-47-45-52(3,4)5)48-56-46-43-41-39-37-35-33-19-17-15-13-11-9-7-2/h8,10,14,16,20-21,23-24,26-27,50H,6-7,9,11-13,15,17-19,22,25,28-49H2,1-5H3/p+1/b10-8-,16-14-,21-20-,24-23-,27-26-. The molecule has 9 heteroatoms. The summed E-state index contributed by atoms with van der Waals surface area (Å²) >= 11 is 0. The van der Waals surface area contributed by atoms with Crippen molar-refractivity contribution in [3.63, 3.8) is 0 Å². The third-order valence-corrected chi connectivity index (χ3v) is 11.3. The molecule has 0 bridgehead atoms. The van der Waals surface area contributed by atoms with Crippen LogP contribution in [-0.4, -0.2) is 75.6 Å². The number of phosphoric acid groups is 1. The van der Waals surface area contributed by atoms with Crippen LogP contribution in [0.25, 0.3) is 0 Å². The fraction of sp³-hybridized carbons (Fsp3) is 0.784. The van der Waals surface area contributed by atoms with E-state index in [1.807, 2.05) is 21.1 Å². The number of ether oxygens (including phenoxy) is 2. The van der Waals surface area contributed by atoms with Crippen molar-refractivity contribution in [1.82, 2.24) is 0 Å². The van der Waals surface area contributed by atoms with Gasteiger partial charge in [-0.25, -0.2) is 4.57 Å². The van der Waals surface area contributed by atoms with Gasteiger partial charge in [-0.15, -0.1) is 0 Å². The summed E-state index contributed by atoms with van der Waals surface area (Å²) in [5, 5.41) is 0. The Morgan fingerprint density at radius 1 is 0.533 bits per heavy atom. The fourth-order valence-electron chi connectivity index (χ4n) is 6.58. The molecule has 0 rings (SSSR count). The minimum atomic E-state index is -4.28. The van der Waals surface area contributed by atoms with Crippen LogP contribution in [0.2, 0.25) is 0 Å². The van der Waals surface area contributed by atoms with Crippen LogP contribution in [0.3, 0.4) is 0 Å². The zero-order chi connectivity index (χ0) is 44.1. The van der Waals surface area contributed by atoms with Gasteiger partial charge < -0.3 is 18.9 Å². The Bertz CT molecular complexity index is 1140. The van der Waals surface area contributed by atoms with Gasteiger partial charge in [0.1, 0.15) is 19.3 Å². The topological polar surface area (TPSA) is 91.3 Å². The van der Waals surface area contributed by atoms with Crippen molar-refractivity contribution in [2.45, 2.75) is 206 Å². The third kappa shape index (κ3) is 47.3. The summed E-state index contributed by atoms with van der Waals surface area (Å²) in [5.41, 5.74) is 0. The van der Waals surface area contributed by atoms with Crippen LogP contribution in [0.5, 0.6) is 0 Å². The maximum absolute atomic E-state index is 12.7. The molecule has 8 nitrogen and oxygen atoms in total. The summed E-state index contributed by atoms with van der Waals surface area (Å²) in [7, 11) is 1.66. The summed E-state index contributed by atoms with van der Waals surface area (Å²) in [4.78, 5) is 23.0. The first-order valence-corrected chi connectivity index (χ1v) is 26.0. The Morgan fingerprint density at radius 3 is 1.45 bits per heavy atom. The number of carbonyl (C=O) groups is 1. The van der Waals surface area contributed by atoms with Gasteiger partial charge in [-0.3, -0.25) is 13.8 Å². The van der Waals surface area contributed by atoms with Gasteiger partial charge in [0.05, 0.1) is 34.4 Å². The highest BCUT2D eigenvalue weighted by Gasteiger charge is 2.26. The Balaban J connectivity index is 4.14. The van der Waals surface area contributed by atoms with Gasteiger partial charge in [0, 0.05) is 13.0 Å². The second-order valence-electron chi connectivity index (χ2n) is 17.5. The molecule has 0 radical (unpaired) electrons. The Labute approximate surface area is 370 Å². The lowest BCUT2D eigenvalue weighted by Gasteiger charge is -2.24. The molecule has 0 heterocycles. The third-order valence-electron chi connectivity index (χ3n) is 10.3. The second kappa shape index (κ2) is 43.8. The lowest BCUT2D eigenvalue weighted by Crippen LogP contribution is -2.37. The van der Waals surface area contributed by atoms with Gasteiger partial charge in [-0.05, 0) is 57.8 Å². The normalized spacial score (nSPS) is 14.2. The molecular weight excluding hydrogens is 770 g/mol. The molecule has 1 N–H and O–H groups in total. The minimum absolute atomic E-state index is 0.0864. The van der Waals surface area contributed by atoms with E-state index in [2.05, 4.69) is 74.6 Å². The van der Waals surface area contributed by atoms with Crippen molar-refractivity contribution in [3.8, 4) is 0 Å². The van der Waals surface area contributed by atoms with E-state index in [0.717, 1.165) is 70.6 Å². The van der Waals surface area contributed by atoms with Crippen molar-refractivity contribution in [3.05, 3.63) is 60.8 Å². The van der Waals surface area contributed by atoms with Gasteiger partial charge in [-0.2, -0.15) is 0 Å². The first kappa shape index (κ1) is 58.2. The summed E-state index contributed by atoms with van der Waals surface area (Å²) in [6.07, 6.45) is 55.4. The van der Waals surface area contributed by atoms with Crippen molar-refractivity contribution in [1.29, 1.82) is 0 Å². The summed E-state index contributed by atoms with van der Waals surface area (Å²) in [6.45, 7) is 5.52. The van der Waals surface area contributed by atoms with Gasteiger partial charge in [0.15, 0.2) is 0 Å². The predicted octanol–water partition coefficient (Wildman–Crippen LogP) is 14.9. The number of phosphoric ester groups is 1. The molecule has 0 fully saturated rings. The molecule has 0 aliphatic heterocycles. The fourth-order valence-corrected chi connectivity index (χ4v) is 7.32. The number of quaternary nitrogens is 1. The molecule has 60 heavy (non-hydrogen) atoms. The first-order valence-electron chi connectivity index (χ1n) is 24.5. The maximum atomic E-state index is 12.7. The molecule has 0 saturated carbocycles. The number of rotatable bonds is 45. The lowest BCUT2D eigenvalue weighted by molar-refractivity contribution is -0.870. The molecule has 0 aromatic rings. The van der Waals surface area contributed by atoms with E-state index in [-0.39, 0.29) is 25.8 Å². The largest absolute Gasteiger partial charge is 0.472 e. The monoisotopic (exact) mass is 865 g/mol. The quantitative estimate of drug-likeness (QED) is 0.0214. The molecule has 350 valence electrons. The van der Waals surface area contributed by atoms with E-state index in [1.165, 1.54) is 109 Å². The van der Waals surface area contributed by atoms with Crippen molar-refractivity contribution < 1.29 is 37.3 Å². The zero-order valence-corrected chi connectivity index (χ0v) is 40.6. The van der Waals surface area contributed by atoms with Crippen LogP contribution in [0.1, 0.15) is 200 Å². The zero-order valence-electron chi connectivity index (χ0n) is 39.7. The average Bonchev–Trinajstić information content (AvgIpc) is 3.20. The molecule has 0 aliphatic rings. The summed E-state index contributed by atoms with van der Waals surface area (Å²) in [6, 6.07) is 0. The first-order chi connectivity index (χ1) is 29.1. The Hall–Kier alpha value is -1.80. The van der Waals surface area contributed by atoms with Crippen molar-refractivity contribution in [2.75, 3.05) is 54.1 Å². The molecule has 0 aromatic carbocycles. The van der Waals surface area contributed by atoms with E-state index >= 15 is 0 Å². The minimum Gasteiger partial charge on any atom is -0.457 e. The molecular formula is C51H95NO7P+. The number of likely N-dealkylation sites (N-methyl/N-ethyl adjacent to an activating group) is 1. The van der Waals surface area contributed by atoms with Crippen LogP contribution in [0.4, 0.5) is 0 Å². The molecule has 0 amide bonds. The maximum Gasteiger partial charge on any atom is 0.472 e. The summed E-state index contributed by atoms with van der Waals surface area (Å²) in [5.74, 6) is -0.320. The van der Waals surface area contributed by atoms with Crippen LogP contribution < -0.4 is 0 Å². The lowest BCUT2D eigenvalue weighted by atomic mass is 10.0. The molecule has 0 saturated heterocycles. The van der Waals surface area contributed by atoms with Gasteiger partial charge >= 0.3 is 13.8 Å². The van der Waals surface area contributed by atoms with Crippen LogP contribution in [0.15, 0.2) is 60.8 Å². The number of carbonyl (C=O) groups excluding carboxylic acids is 1. The van der Waals surface area contributed by atoms with Gasteiger partial charge in [-0.1, -0.05) is 197 Å². The van der Waals surface area contributed by atoms with E-state index in [4.69, 9.17) is 18.5 Å². The van der Waals surface area contributed by atoms with E-state index in [9.17, 15) is 14.3 Å². The van der Waals surface area contributed by atoms with Crippen LogP contribution in [0, 0.1) is 0 Å². The number of unbranched alkanes of at least 4 members (excludes halogenated alkanes) is 21. The highest BCUT2D eigenvalue weighted by Crippen LogP contribution is 2.43. The Morgan fingerprint density at radius 2 is 0.967 bits per heavy atom. The van der Waals surface area contributed by atoms with E-state index < -0.39 is 13.9 Å². The molecule has 0 spiro atoms. The number of nitrogens with zero attached hydrogens (tertiary/aromatic N) is 1. The van der Waals surface area contributed by atoms with Gasteiger partial charge in [0.25, 0.3) is 0 Å². The van der Waals surface area contributed by atoms with Crippen LogP contribution in [-0.2, 0) is 27.9 Å². The van der Waals surface area contributed by atoms with Gasteiger partial charge in [0.2, 0.25) is 0 Å². The van der Waals surface area contributed by atoms with Crippen molar-refractivity contribution in [2.24, 2.45) is 0 Å². The number of hydrogen-bond donors (Lipinski definition) is 1. The Kier molecular flexibility index (Phi) is 42.5. The van der Waals surface area contributed by atoms with Crippen LogP contribution >= 0.6 is 7.82 Å². The number of allylic oxidation sites excluding steroid dienone is 10. The SMILES string of the molecule is CC/C=C\C/C=C\C/C=C\C/C=C\C/C=C\CCCCCCCCCCCC(=O)OC(COCCCCCCCCCCCCCCC)COP(=O)(O)OCC[N+](C)(C)C. The summed E-state index contributed by atoms with van der Waals surface area (Å²) < 4.78 is 35.1. The second-order valence-corrected chi connectivity index (χ2v) is 18.9. The van der Waals surface area contributed by atoms with Crippen molar-refractivity contribution >= 4 is 13.8 Å². The van der Waals surface area contributed by atoms with E-state index in [0.29, 0.717) is 24.1 Å². The molecule has 0 aliphatic carbocycles. The molecule has 0 aromatic heterocycles. The average molecular weight is 865 g/mol. The highest BCUT2D eigenvalue weighted by atomic mass is 31.2.